The highest BCUT2D eigenvalue weighted by molar-refractivity contribution is 6.10. The molecular weight excluding hydrogens is 351 g/mol. The van der Waals surface area contributed by atoms with E-state index >= 15 is 0 Å². The first kappa shape index (κ1) is 17.5. The number of ether oxygens (including phenoxy) is 1. The second-order valence-corrected chi connectivity index (χ2v) is 5.29. The Balaban J connectivity index is 1.89. The van der Waals surface area contributed by atoms with Crippen molar-refractivity contribution in [3.8, 4) is 17.3 Å². The smallest absolute Gasteiger partial charge is 0.417 e. The monoisotopic (exact) mass is 363 g/mol. The summed E-state index contributed by atoms with van der Waals surface area (Å²) in [6, 6.07) is 6.23. The molecule has 0 saturated heterocycles. The number of pyridine rings is 1. The van der Waals surface area contributed by atoms with Crippen molar-refractivity contribution >= 4 is 5.78 Å². The van der Waals surface area contributed by atoms with Gasteiger partial charge in [0.1, 0.15) is 11.5 Å². The molecule has 3 rings (SSSR count). The van der Waals surface area contributed by atoms with E-state index < -0.39 is 17.5 Å². The summed E-state index contributed by atoms with van der Waals surface area (Å²) in [5.41, 5.74) is -0.731. The van der Waals surface area contributed by atoms with Crippen LogP contribution in [0.4, 0.5) is 13.2 Å². The molecule has 26 heavy (non-hydrogen) atoms. The highest BCUT2D eigenvalue weighted by Gasteiger charge is 2.30. The molecule has 0 bridgehead atoms. The quantitative estimate of drug-likeness (QED) is 0.720. The number of aromatic hydroxyl groups is 1. The van der Waals surface area contributed by atoms with Gasteiger partial charge in [-0.2, -0.15) is 18.3 Å². The number of benzene rings is 1. The van der Waals surface area contributed by atoms with E-state index in [2.05, 4.69) is 10.1 Å². The second-order valence-electron chi connectivity index (χ2n) is 5.29. The number of carbonyl (C=O) groups is 1. The average molecular weight is 363 g/mol. The van der Waals surface area contributed by atoms with Gasteiger partial charge in [0.15, 0.2) is 11.6 Å². The predicted molar refractivity (Wildman–Crippen MR) is 84.5 cm³/mol. The van der Waals surface area contributed by atoms with E-state index in [0.717, 1.165) is 12.1 Å². The number of hydrogen-bond donors (Lipinski definition) is 1. The van der Waals surface area contributed by atoms with Crippen molar-refractivity contribution in [2.24, 2.45) is 0 Å². The Kier molecular flexibility index (Phi) is 4.37. The molecule has 1 aromatic carbocycles. The number of phenolic OH excluding ortho intramolecular Hbond substituents is 1. The summed E-state index contributed by atoms with van der Waals surface area (Å²) >= 11 is 0. The van der Waals surface area contributed by atoms with Crippen LogP contribution < -0.4 is 4.74 Å². The molecule has 0 fully saturated rings. The normalized spacial score (nSPS) is 11.4. The van der Waals surface area contributed by atoms with E-state index in [1.165, 1.54) is 42.4 Å². The minimum absolute atomic E-state index is 0.0179. The zero-order valence-corrected chi connectivity index (χ0v) is 13.4. The summed E-state index contributed by atoms with van der Waals surface area (Å²) < 4.78 is 43.9. The summed E-state index contributed by atoms with van der Waals surface area (Å²) in [7, 11) is 1.43. The number of nitrogens with zero attached hydrogens (tertiary/aromatic N) is 3. The zero-order chi connectivity index (χ0) is 18.9. The van der Waals surface area contributed by atoms with Crippen LogP contribution in [-0.4, -0.2) is 32.8 Å². The van der Waals surface area contributed by atoms with Gasteiger partial charge >= 0.3 is 6.18 Å². The first-order valence-electron chi connectivity index (χ1n) is 7.29. The highest BCUT2D eigenvalue weighted by Crippen LogP contribution is 2.29. The largest absolute Gasteiger partial charge is 0.507 e. The Morgan fingerprint density at radius 1 is 1.19 bits per heavy atom. The van der Waals surface area contributed by atoms with Crippen molar-refractivity contribution in [3.63, 3.8) is 0 Å². The van der Waals surface area contributed by atoms with Crippen molar-refractivity contribution in [2.75, 3.05) is 7.11 Å². The maximum atomic E-state index is 12.6. The molecule has 0 unspecified atom stereocenters. The molecule has 1 N–H and O–H groups in total. The lowest BCUT2D eigenvalue weighted by Crippen LogP contribution is -2.07. The van der Waals surface area contributed by atoms with Gasteiger partial charge in [0, 0.05) is 12.4 Å². The molecule has 0 radical (unpaired) electrons. The number of phenols is 1. The molecule has 9 heteroatoms. The summed E-state index contributed by atoms with van der Waals surface area (Å²) in [5.74, 6) is -0.231. The summed E-state index contributed by atoms with van der Waals surface area (Å²) in [4.78, 5) is 16.2. The number of halogens is 3. The Labute approximate surface area is 145 Å². The lowest BCUT2D eigenvalue weighted by Gasteiger charge is -2.06. The SMILES string of the molecule is COc1ccc(O)c(C(=O)c2cnn(-c3ccc(C(F)(F)F)cn3)c2)c1. The standard InChI is InChI=1S/C17H12F3N3O3/c1-26-12-3-4-14(24)13(6-12)16(25)10-7-22-23(9-10)15-5-2-11(8-21-15)17(18,19)20/h2-9,24H,1H3. The average Bonchev–Trinajstić information content (AvgIpc) is 3.11. The van der Waals surface area contributed by atoms with Crippen LogP contribution >= 0.6 is 0 Å². The van der Waals surface area contributed by atoms with Gasteiger partial charge < -0.3 is 9.84 Å². The summed E-state index contributed by atoms with van der Waals surface area (Å²) in [6.07, 6.45) is -1.25. The maximum absolute atomic E-state index is 12.6. The fourth-order valence-corrected chi connectivity index (χ4v) is 2.23. The molecule has 0 saturated carbocycles. The number of methoxy groups -OCH3 is 1. The number of alkyl halides is 3. The predicted octanol–water partition coefficient (Wildman–Crippen LogP) is 3.23. The first-order valence-corrected chi connectivity index (χ1v) is 7.29. The lowest BCUT2D eigenvalue weighted by atomic mass is 10.1. The topological polar surface area (TPSA) is 77.2 Å². The van der Waals surface area contributed by atoms with Crippen LogP contribution in [0.25, 0.3) is 5.82 Å². The van der Waals surface area contributed by atoms with E-state index in [4.69, 9.17) is 4.74 Å². The second kappa shape index (κ2) is 6.51. The summed E-state index contributed by atoms with van der Waals surface area (Å²) in [5, 5.41) is 13.8. The maximum Gasteiger partial charge on any atom is 0.417 e. The van der Waals surface area contributed by atoms with Crippen molar-refractivity contribution in [1.29, 1.82) is 0 Å². The van der Waals surface area contributed by atoms with Gasteiger partial charge in [0.25, 0.3) is 0 Å². The van der Waals surface area contributed by atoms with Crippen LogP contribution in [-0.2, 0) is 6.18 Å². The first-order chi connectivity index (χ1) is 12.3. The Hall–Kier alpha value is -3.36. The minimum atomic E-state index is -4.49. The zero-order valence-electron chi connectivity index (χ0n) is 13.4. The molecule has 0 aliphatic carbocycles. The molecule has 3 aromatic rings. The molecule has 0 aliphatic heterocycles. The Bertz CT molecular complexity index is 950. The van der Waals surface area contributed by atoms with E-state index in [9.17, 15) is 23.1 Å². The van der Waals surface area contributed by atoms with Gasteiger partial charge in [0.2, 0.25) is 0 Å². The van der Waals surface area contributed by atoms with Gasteiger partial charge in [-0.15, -0.1) is 0 Å². The Morgan fingerprint density at radius 3 is 2.58 bits per heavy atom. The van der Waals surface area contributed by atoms with E-state index in [0.29, 0.717) is 11.9 Å². The number of ketones is 1. The van der Waals surface area contributed by atoms with Crippen LogP contribution in [0.5, 0.6) is 11.5 Å². The molecule has 0 atom stereocenters. The number of hydrogen-bond acceptors (Lipinski definition) is 5. The molecule has 0 aliphatic rings. The van der Waals surface area contributed by atoms with Gasteiger partial charge in [-0.25, -0.2) is 9.67 Å². The van der Waals surface area contributed by atoms with E-state index in [1.807, 2.05) is 0 Å². The number of rotatable bonds is 4. The van der Waals surface area contributed by atoms with Gasteiger partial charge in [-0.05, 0) is 30.3 Å². The molecule has 0 amide bonds. The van der Waals surface area contributed by atoms with Gasteiger partial charge in [-0.3, -0.25) is 4.79 Å². The van der Waals surface area contributed by atoms with Crippen molar-refractivity contribution < 1.29 is 27.8 Å². The van der Waals surface area contributed by atoms with Crippen LogP contribution in [0.2, 0.25) is 0 Å². The van der Waals surface area contributed by atoms with Crippen LogP contribution in [0.15, 0.2) is 48.9 Å². The molecule has 134 valence electrons. The van der Waals surface area contributed by atoms with Crippen molar-refractivity contribution in [2.45, 2.75) is 6.18 Å². The number of aromatic nitrogens is 3. The van der Waals surface area contributed by atoms with Crippen LogP contribution in [0, 0.1) is 0 Å². The third kappa shape index (κ3) is 3.37. The van der Waals surface area contributed by atoms with E-state index in [1.54, 1.807) is 0 Å². The van der Waals surface area contributed by atoms with Crippen LogP contribution in [0.1, 0.15) is 21.5 Å². The fourth-order valence-electron chi connectivity index (χ4n) is 2.23. The molecule has 6 nitrogen and oxygen atoms in total. The Morgan fingerprint density at radius 2 is 1.96 bits per heavy atom. The molecular formula is C17H12F3N3O3. The highest BCUT2D eigenvalue weighted by atomic mass is 19.4. The number of carbonyl (C=O) groups excluding carboxylic acids is 1. The van der Waals surface area contributed by atoms with Gasteiger partial charge in [0.05, 0.1) is 30.0 Å². The lowest BCUT2D eigenvalue weighted by molar-refractivity contribution is -0.137. The molecule has 0 spiro atoms. The third-order valence-corrected chi connectivity index (χ3v) is 3.60. The minimum Gasteiger partial charge on any atom is -0.507 e. The van der Waals surface area contributed by atoms with Crippen molar-refractivity contribution in [1.82, 2.24) is 14.8 Å². The summed E-state index contributed by atoms with van der Waals surface area (Å²) in [6.45, 7) is 0. The fraction of sp³-hybridized carbons (Fsp3) is 0.118. The third-order valence-electron chi connectivity index (χ3n) is 3.60. The van der Waals surface area contributed by atoms with Gasteiger partial charge in [-0.1, -0.05) is 0 Å². The van der Waals surface area contributed by atoms with Crippen LogP contribution in [0.3, 0.4) is 0 Å². The van der Waals surface area contributed by atoms with E-state index in [-0.39, 0.29) is 22.7 Å². The van der Waals surface area contributed by atoms with Crippen molar-refractivity contribution in [3.05, 3.63) is 65.6 Å². The molecule has 2 aromatic heterocycles. The molecule has 2 heterocycles.